The van der Waals surface area contributed by atoms with E-state index in [1.54, 1.807) is 12.1 Å². The third-order valence-electron chi connectivity index (χ3n) is 4.17. The number of ether oxygens (including phenoxy) is 1. The summed E-state index contributed by atoms with van der Waals surface area (Å²) in [6.07, 6.45) is 0.313. The van der Waals surface area contributed by atoms with Gasteiger partial charge in [-0.05, 0) is 26.1 Å². The van der Waals surface area contributed by atoms with Gasteiger partial charge >= 0.3 is 0 Å². The van der Waals surface area contributed by atoms with Crippen molar-refractivity contribution >= 4 is 5.78 Å². The zero-order valence-corrected chi connectivity index (χ0v) is 12.9. The van der Waals surface area contributed by atoms with Crippen molar-refractivity contribution in [3.05, 3.63) is 29.6 Å². The number of ketones is 1. The maximum Gasteiger partial charge on any atom is 0.170 e. The molecule has 1 unspecified atom stereocenters. The summed E-state index contributed by atoms with van der Waals surface area (Å²) in [6.45, 7) is 5.72. The predicted octanol–water partition coefficient (Wildman–Crippen LogP) is 2.04. The van der Waals surface area contributed by atoms with Crippen molar-refractivity contribution < 1.29 is 13.9 Å². The number of rotatable bonds is 5. The second kappa shape index (κ2) is 7.00. The first-order valence-electron chi connectivity index (χ1n) is 7.31. The number of hydrogen-bond acceptors (Lipinski definition) is 4. The Bertz CT molecular complexity index is 507. The maximum absolute atomic E-state index is 13.8. The predicted molar refractivity (Wildman–Crippen MR) is 80.4 cm³/mol. The zero-order valence-electron chi connectivity index (χ0n) is 12.9. The van der Waals surface area contributed by atoms with E-state index in [0.717, 1.165) is 19.6 Å². The molecule has 1 aliphatic heterocycles. The van der Waals surface area contributed by atoms with Crippen molar-refractivity contribution in [3.63, 3.8) is 0 Å². The van der Waals surface area contributed by atoms with Crippen molar-refractivity contribution in [1.29, 1.82) is 0 Å². The average molecular weight is 294 g/mol. The van der Waals surface area contributed by atoms with Crippen LogP contribution in [-0.2, 0) is 0 Å². The molecule has 0 aromatic heterocycles. The molecule has 1 aromatic rings. The minimum absolute atomic E-state index is 0.0715. The lowest BCUT2D eigenvalue weighted by atomic mass is 10.1. The Morgan fingerprint density at radius 1 is 1.43 bits per heavy atom. The lowest BCUT2D eigenvalue weighted by Crippen LogP contribution is -2.50. The molecule has 0 aliphatic carbocycles. The fourth-order valence-corrected chi connectivity index (χ4v) is 2.66. The Hall–Kier alpha value is -1.46. The van der Waals surface area contributed by atoms with E-state index in [-0.39, 0.29) is 11.3 Å². The molecular weight excluding hydrogens is 271 g/mol. The van der Waals surface area contributed by atoms with Crippen LogP contribution in [0.2, 0.25) is 0 Å². The molecule has 1 atom stereocenters. The SMILES string of the molecule is COc1cccc(F)c1C(=O)CCN1CCN(C)C(C)C1. The first kappa shape index (κ1) is 15.9. The summed E-state index contributed by atoms with van der Waals surface area (Å²) in [7, 11) is 3.56. The standard InChI is InChI=1S/C16H23FN2O2/c1-12-11-19(10-9-18(12)2)8-7-14(20)16-13(17)5-4-6-15(16)21-3/h4-6,12H,7-11H2,1-3H3. The molecule has 0 saturated carbocycles. The quantitative estimate of drug-likeness (QED) is 0.778. The van der Waals surface area contributed by atoms with E-state index in [1.807, 2.05) is 0 Å². The molecule has 116 valence electrons. The number of benzene rings is 1. The van der Waals surface area contributed by atoms with Gasteiger partial charge in [0.25, 0.3) is 0 Å². The molecule has 4 nitrogen and oxygen atoms in total. The molecule has 1 aliphatic rings. The van der Waals surface area contributed by atoms with Crippen LogP contribution in [-0.4, -0.2) is 62.0 Å². The smallest absolute Gasteiger partial charge is 0.170 e. The maximum atomic E-state index is 13.8. The third kappa shape index (κ3) is 3.80. The van der Waals surface area contributed by atoms with Gasteiger partial charge in [0.1, 0.15) is 11.6 Å². The second-order valence-corrected chi connectivity index (χ2v) is 5.62. The van der Waals surface area contributed by atoms with Crippen LogP contribution in [0.4, 0.5) is 4.39 Å². The van der Waals surface area contributed by atoms with Crippen molar-refractivity contribution in [2.75, 3.05) is 40.3 Å². The Kier molecular flexibility index (Phi) is 5.31. The summed E-state index contributed by atoms with van der Waals surface area (Å²) in [5.74, 6) is -0.394. The second-order valence-electron chi connectivity index (χ2n) is 5.62. The number of carbonyl (C=O) groups is 1. The number of nitrogens with zero attached hydrogens (tertiary/aromatic N) is 2. The summed E-state index contributed by atoms with van der Waals surface area (Å²) in [6, 6.07) is 4.95. The average Bonchev–Trinajstić information content (AvgIpc) is 2.47. The molecule has 1 heterocycles. The summed E-state index contributed by atoms with van der Waals surface area (Å²) in [5.41, 5.74) is 0.0715. The largest absolute Gasteiger partial charge is 0.496 e. The molecule has 0 radical (unpaired) electrons. The number of hydrogen-bond donors (Lipinski definition) is 0. The van der Waals surface area contributed by atoms with Gasteiger partial charge in [0.15, 0.2) is 5.78 Å². The molecule has 0 N–H and O–H groups in total. The van der Waals surface area contributed by atoms with Crippen LogP contribution in [0.3, 0.4) is 0 Å². The monoisotopic (exact) mass is 294 g/mol. The van der Waals surface area contributed by atoms with Crippen molar-refractivity contribution in [1.82, 2.24) is 9.80 Å². The van der Waals surface area contributed by atoms with Crippen molar-refractivity contribution in [2.24, 2.45) is 0 Å². The van der Waals surface area contributed by atoms with Crippen LogP contribution < -0.4 is 4.74 Å². The lowest BCUT2D eigenvalue weighted by molar-refractivity contribution is 0.0868. The number of carbonyl (C=O) groups excluding carboxylic acids is 1. The number of likely N-dealkylation sites (N-methyl/N-ethyl adjacent to an activating group) is 1. The fraction of sp³-hybridized carbons (Fsp3) is 0.562. The number of piperazine rings is 1. The minimum Gasteiger partial charge on any atom is -0.496 e. The number of methoxy groups -OCH3 is 1. The summed E-state index contributed by atoms with van der Waals surface area (Å²) >= 11 is 0. The van der Waals surface area contributed by atoms with Gasteiger partial charge < -0.3 is 14.5 Å². The van der Waals surface area contributed by atoms with Gasteiger partial charge in [-0.2, -0.15) is 0 Å². The minimum atomic E-state index is -0.508. The Balaban J connectivity index is 1.96. The molecule has 1 aromatic carbocycles. The Morgan fingerprint density at radius 2 is 2.19 bits per heavy atom. The normalized spacial score (nSPS) is 20.5. The van der Waals surface area contributed by atoms with Gasteiger partial charge in [-0.3, -0.25) is 4.79 Å². The van der Waals surface area contributed by atoms with Gasteiger partial charge in [-0.15, -0.1) is 0 Å². The van der Waals surface area contributed by atoms with Crippen molar-refractivity contribution in [2.45, 2.75) is 19.4 Å². The number of Topliss-reactive ketones (excluding diaryl/α,β-unsaturated/α-hetero) is 1. The van der Waals surface area contributed by atoms with Crippen LogP contribution in [0.5, 0.6) is 5.75 Å². The summed E-state index contributed by atoms with van der Waals surface area (Å²) in [5, 5.41) is 0. The zero-order chi connectivity index (χ0) is 15.4. The van der Waals surface area contributed by atoms with Gasteiger partial charge in [0.2, 0.25) is 0 Å². The van der Waals surface area contributed by atoms with E-state index in [1.165, 1.54) is 13.2 Å². The molecule has 0 bridgehead atoms. The highest BCUT2D eigenvalue weighted by molar-refractivity contribution is 5.99. The first-order valence-corrected chi connectivity index (χ1v) is 7.31. The van der Waals surface area contributed by atoms with E-state index < -0.39 is 5.82 Å². The lowest BCUT2D eigenvalue weighted by Gasteiger charge is -2.37. The van der Waals surface area contributed by atoms with E-state index in [2.05, 4.69) is 23.8 Å². The molecule has 5 heteroatoms. The summed E-state index contributed by atoms with van der Waals surface area (Å²) in [4.78, 5) is 16.8. The van der Waals surface area contributed by atoms with E-state index >= 15 is 0 Å². The number of halogens is 1. The Labute approximate surface area is 125 Å². The molecule has 21 heavy (non-hydrogen) atoms. The van der Waals surface area contributed by atoms with Crippen LogP contribution >= 0.6 is 0 Å². The van der Waals surface area contributed by atoms with Crippen LogP contribution in [0.1, 0.15) is 23.7 Å². The highest BCUT2D eigenvalue weighted by atomic mass is 19.1. The highest BCUT2D eigenvalue weighted by Crippen LogP contribution is 2.23. The third-order valence-corrected chi connectivity index (χ3v) is 4.17. The van der Waals surface area contributed by atoms with E-state index in [4.69, 9.17) is 4.74 Å². The molecular formula is C16H23FN2O2. The van der Waals surface area contributed by atoms with Gasteiger partial charge in [-0.25, -0.2) is 4.39 Å². The van der Waals surface area contributed by atoms with Gasteiger partial charge in [-0.1, -0.05) is 6.07 Å². The van der Waals surface area contributed by atoms with Crippen LogP contribution in [0, 0.1) is 5.82 Å². The molecule has 0 amide bonds. The fourth-order valence-electron chi connectivity index (χ4n) is 2.66. The van der Waals surface area contributed by atoms with Crippen LogP contribution in [0.25, 0.3) is 0 Å². The Morgan fingerprint density at radius 3 is 2.86 bits per heavy atom. The van der Waals surface area contributed by atoms with Crippen LogP contribution in [0.15, 0.2) is 18.2 Å². The van der Waals surface area contributed by atoms with Gasteiger partial charge in [0.05, 0.1) is 12.7 Å². The summed E-state index contributed by atoms with van der Waals surface area (Å²) < 4.78 is 18.9. The molecule has 1 fully saturated rings. The van der Waals surface area contributed by atoms with E-state index in [9.17, 15) is 9.18 Å². The molecule has 0 spiro atoms. The molecule has 2 rings (SSSR count). The van der Waals surface area contributed by atoms with E-state index in [0.29, 0.717) is 24.8 Å². The topological polar surface area (TPSA) is 32.8 Å². The first-order chi connectivity index (χ1) is 10.0. The van der Waals surface area contributed by atoms with Gasteiger partial charge in [0, 0.05) is 38.6 Å². The van der Waals surface area contributed by atoms with Crippen molar-refractivity contribution in [3.8, 4) is 5.75 Å². The highest BCUT2D eigenvalue weighted by Gasteiger charge is 2.22. The molecule has 1 saturated heterocycles.